The number of nitrogens with one attached hydrogen (secondary N) is 2. The molecule has 2 aromatic rings. The number of sulfonamides is 1. The van der Waals surface area contributed by atoms with E-state index in [1.165, 1.54) is 19.1 Å². The van der Waals surface area contributed by atoms with Gasteiger partial charge in [0, 0.05) is 36.7 Å². The SMILES string of the molecule is CCOc1cc2c(cc1CNS(=O)(=O)c1ccc(NC(C)=O)cc1)O[C@@H](C)C2. The summed E-state index contributed by atoms with van der Waals surface area (Å²) in [7, 11) is -3.72. The Morgan fingerprint density at radius 1 is 1.25 bits per heavy atom. The third-order valence-electron chi connectivity index (χ3n) is 4.32. The average Bonchev–Trinajstić information content (AvgIpc) is 2.99. The predicted octanol–water partition coefficient (Wildman–Crippen LogP) is 2.85. The highest BCUT2D eigenvalue weighted by atomic mass is 32.2. The average molecular weight is 404 g/mol. The van der Waals surface area contributed by atoms with Crippen molar-refractivity contribution in [3.05, 3.63) is 47.5 Å². The number of fused-ring (bicyclic) bond motifs is 1. The molecule has 2 aromatic carbocycles. The lowest BCUT2D eigenvalue weighted by molar-refractivity contribution is -0.114. The van der Waals surface area contributed by atoms with Crippen LogP contribution >= 0.6 is 0 Å². The van der Waals surface area contributed by atoms with Crippen LogP contribution in [0.15, 0.2) is 41.3 Å². The Bertz CT molecular complexity index is 971. The molecule has 1 atom stereocenters. The van der Waals surface area contributed by atoms with E-state index in [0.717, 1.165) is 17.7 Å². The van der Waals surface area contributed by atoms with Gasteiger partial charge in [0.15, 0.2) is 0 Å². The maximum absolute atomic E-state index is 12.6. The highest BCUT2D eigenvalue weighted by Gasteiger charge is 2.23. The van der Waals surface area contributed by atoms with E-state index in [4.69, 9.17) is 9.47 Å². The minimum Gasteiger partial charge on any atom is -0.494 e. The molecule has 1 aliphatic rings. The standard InChI is InChI=1S/C20H24N2O5S/c1-4-26-19-10-15-9-13(2)27-20(15)11-16(19)12-21-28(24,25)18-7-5-17(6-8-18)22-14(3)23/h5-8,10-11,13,21H,4,9,12H2,1-3H3,(H,22,23)/t13-/m0/s1. The fourth-order valence-electron chi connectivity index (χ4n) is 3.09. The fourth-order valence-corrected chi connectivity index (χ4v) is 4.09. The van der Waals surface area contributed by atoms with Crippen LogP contribution in [-0.4, -0.2) is 27.0 Å². The monoisotopic (exact) mass is 404 g/mol. The second kappa shape index (κ2) is 8.20. The zero-order valence-corrected chi connectivity index (χ0v) is 16.9. The molecular weight excluding hydrogens is 380 g/mol. The van der Waals surface area contributed by atoms with Gasteiger partial charge in [-0.25, -0.2) is 13.1 Å². The lowest BCUT2D eigenvalue weighted by Gasteiger charge is -2.14. The van der Waals surface area contributed by atoms with Gasteiger partial charge in [0.1, 0.15) is 17.6 Å². The highest BCUT2D eigenvalue weighted by molar-refractivity contribution is 7.89. The van der Waals surface area contributed by atoms with Gasteiger partial charge in [-0.15, -0.1) is 0 Å². The number of hydrogen-bond acceptors (Lipinski definition) is 5. The van der Waals surface area contributed by atoms with Crippen molar-refractivity contribution in [3.8, 4) is 11.5 Å². The molecule has 0 bridgehead atoms. The summed E-state index contributed by atoms with van der Waals surface area (Å²) in [4.78, 5) is 11.2. The van der Waals surface area contributed by atoms with Crippen LogP contribution in [-0.2, 0) is 27.8 Å². The first-order chi connectivity index (χ1) is 13.3. The molecule has 0 unspecified atom stereocenters. The number of anilines is 1. The van der Waals surface area contributed by atoms with E-state index in [1.54, 1.807) is 12.1 Å². The van der Waals surface area contributed by atoms with Crippen molar-refractivity contribution >= 4 is 21.6 Å². The number of rotatable bonds is 7. The molecule has 7 nitrogen and oxygen atoms in total. The molecule has 0 saturated carbocycles. The molecule has 0 spiro atoms. The molecule has 0 saturated heterocycles. The smallest absolute Gasteiger partial charge is 0.240 e. The summed E-state index contributed by atoms with van der Waals surface area (Å²) in [5.74, 6) is 1.21. The molecule has 2 N–H and O–H groups in total. The van der Waals surface area contributed by atoms with Crippen molar-refractivity contribution in [3.63, 3.8) is 0 Å². The fraction of sp³-hybridized carbons (Fsp3) is 0.350. The van der Waals surface area contributed by atoms with Crippen LogP contribution in [0, 0.1) is 0 Å². The van der Waals surface area contributed by atoms with Crippen LogP contribution in [0.1, 0.15) is 31.9 Å². The van der Waals surface area contributed by atoms with Crippen molar-refractivity contribution in [1.29, 1.82) is 0 Å². The van der Waals surface area contributed by atoms with E-state index < -0.39 is 10.0 Å². The summed E-state index contributed by atoms with van der Waals surface area (Å²) in [5, 5.41) is 2.61. The largest absolute Gasteiger partial charge is 0.494 e. The molecule has 3 rings (SSSR count). The third-order valence-corrected chi connectivity index (χ3v) is 5.73. The zero-order chi connectivity index (χ0) is 20.3. The van der Waals surface area contributed by atoms with Crippen LogP contribution in [0.3, 0.4) is 0 Å². The van der Waals surface area contributed by atoms with Gasteiger partial charge in [-0.05, 0) is 50.2 Å². The van der Waals surface area contributed by atoms with Gasteiger partial charge in [-0.2, -0.15) is 0 Å². The van der Waals surface area contributed by atoms with Crippen molar-refractivity contribution in [1.82, 2.24) is 4.72 Å². The van der Waals surface area contributed by atoms with E-state index in [-0.39, 0.29) is 23.5 Å². The summed E-state index contributed by atoms with van der Waals surface area (Å²) in [6.07, 6.45) is 0.903. The summed E-state index contributed by atoms with van der Waals surface area (Å²) in [5.41, 5.74) is 2.32. The van der Waals surface area contributed by atoms with Crippen LogP contribution in [0.5, 0.6) is 11.5 Å². The van der Waals surface area contributed by atoms with E-state index in [9.17, 15) is 13.2 Å². The van der Waals surface area contributed by atoms with Gasteiger partial charge < -0.3 is 14.8 Å². The Labute approximate surface area is 165 Å². The topological polar surface area (TPSA) is 93.7 Å². The van der Waals surface area contributed by atoms with E-state index in [0.29, 0.717) is 23.6 Å². The molecule has 0 fully saturated rings. The molecule has 1 heterocycles. The van der Waals surface area contributed by atoms with E-state index in [1.807, 2.05) is 26.0 Å². The van der Waals surface area contributed by atoms with Gasteiger partial charge in [-0.3, -0.25) is 4.79 Å². The van der Waals surface area contributed by atoms with Gasteiger partial charge >= 0.3 is 0 Å². The lowest BCUT2D eigenvalue weighted by atomic mass is 10.1. The van der Waals surface area contributed by atoms with Crippen LogP contribution < -0.4 is 19.5 Å². The number of benzene rings is 2. The predicted molar refractivity (Wildman–Crippen MR) is 106 cm³/mol. The molecule has 1 aliphatic heterocycles. The van der Waals surface area contributed by atoms with Crippen molar-refractivity contribution in [2.75, 3.05) is 11.9 Å². The Morgan fingerprint density at radius 3 is 2.61 bits per heavy atom. The van der Waals surface area contributed by atoms with Crippen molar-refractivity contribution in [2.24, 2.45) is 0 Å². The number of carbonyl (C=O) groups excluding carboxylic acids is 1. The Hall–Kier alpha value is -2.58. The highest BCUT2D eigenvalue weighted by Crippen LogP contribution is 2.35. The first-order valence-electron chi connectivity index (χ1n) is 9.11. The van der Waals surface area contributed by atoms with Gasteiger partial charge in [0.25, 0.3) is 0 Å². The molecule has 28 heavy (non-hydrogen) atoms. The van der Waals surface area contributed by atoms with Gasteiger partial charge in [0.2, 0.25) is 15.9 Å². The first-order valence-corrected chi connectivity index (χ1v) is 10.6. The number of hydrogen-bond donors (Lipinski definition) is 2. The molecular formula is C20H24N2O5S. The molecule has 8 heteroatoms. The molecule has 0 aromatic heterocycles. The lowest BCUT2D eigenvalue weighted by Crippen LogP contribution is -2.23. The Morgan fingerprint density at radius 2 is 1.96 bits per heavy atom. The van der Waals surface area contributed by atoms with Gasteiger partial charge in [-0.1, -0.05) is 0 Å². The minimum absolute atomic E-state index is 0.0795. The molecule has 0 radical (unpaired) electrons. The number of carbonyl (C=O) groups is 1. The minimum atomic E-state index is -3.72. The second-order valence-corrected chi connectivity index (χ2v) is 8.43. The summed E-state index contributed by atoms with van der Waals surface area (Å²) < 4.78 is 39.3. The number of ether oxygens (including phenoxy) is 2. The van der Waals surface area contributed by atoms with Crippen molar-refractivity contribution in [2.45, 2.75) is 44.7 Å². The quantitative estimate of drug-likeness (QED) is 0.740. The van der Waals surface area contributed by atoms with Crippen molar-refractivity contribution < 1.29 is 22.7 Å². The zero-order valence-electron chi connectivity index (χ0n) is 16.1. The summed E-state index contributed by atoms with van der Waals surface area (Å²) >= 11 is 0. The summed E-state index contributed by atoms with van der Waals surface area (Å²) in [6, 6.07) is 9.76. The van der Waals surface area contributed by atoms with Crippen LogP contribution in [0.4, 0.5) is 5.69 Å². The second-order valence-electron chi connectivity index (χ2n) is 6.66. The maximum atomic E-state index is 12.6. The van der Waals surface area contributed by atoms with E-state index in [2.05, 4.69) is 10.0 Å². The van der Waals surface area contributed by atoms with E-state index >= 15 is 0 Å². The first kappa shape index (κ1) is 20.2. The molecule has 1 amide bonds. The Balaban J connectivity index is 1.77. The third kappa shape index (κ3) is 4.63. The normalized spacial score (nSPS) is 15.6. The summed E-state index contributed by atoms with van der Waals surface area (Å²) in [6.45, 7) is 5.84. The van der Waals surface area contributed by atoms with Gasteiger partial charge in [0.05, 0.1) is 11.5 Å². The molecule has 0 aliphatic carbocycles. The number of amides is 1. The maximum Gasteiger partial charge on any atom is 0.240 e. The van der Waals surface area contributed by atoms with Crippen LogP contribution in [0.2, 0.25) is 0 Å². The van der Waals surface area contributed by atoms with Crippen LogP contribution in [0.25, 0.3) is 0 Å². The Kier molecular flexibility index (Phi) is 5.90. The molecule has 150 valence electrons.